The lowest BCUT2D eigenvalue weighted by atomic mass is 10.1. The van der Waals surface area contributed by atoms with Gasteiger partial charge in [0, 0.05) is 16.3 Å². The van der Waals surface area contributed by atoms with Crippen molar-refractivity contribution in [3.63, 3.8) is 0 Å². The minimum atomic E-state index is -0.275. The van der Waals surface area contributed by atoms with Gasteiger partial charge in [0.25, 0.3) is 5.91 Å². The SMILES string of the molecule is COc1cccc(/C=C2\SC(Nc3cc(Cl)ccc3C)NC2=O)c1OC. The molecule has 1 amide bonds. The van der Waals surface area contributed by atoms with Crippen molar-refractivity contribution in [2.24, 2.45) is 0 Å². The fourth-order valence-corrected chi connectivity index (χ4v) is 3.76. The maximum absolute atomic E-state index is 12.3. The van der Waals surface area contributed by atoms with Crippen LogP contribution < -0.4 is 20.1 Å². The molecule has 26 heavy (non-hydrogen) atoms. The summed E-state index contributed by atoms with van der Waals surface area (Å²) in [6.45, 7) is 1.98. The molecule has 1 fully saturated rings. The van der Waals surface area contributed by atoms with Crippen LogP contribution >= 0.6 is 23.4 Å². The van der Waals surface area contributed by atoms with Crippen LogP contribution in [0.1, 0.15) is 11.1 Å². The fourth-order valence-electron chi connectivity index (χ4n) is 2.62. The summed E-state index contributed by atoms with van der Waals surface area (Å²) in [5, 5.41) is 6.85. The van der Waals surface area contributed by atoms with Crippen LogP contribution in [0.2, 0.25) is 5.02 Å². The molecule has 0 aliphatic carbocycles. The second-order valence-corrected chi connectivity index (χ2v) is 7.25. The number of nitrogens with one attached hydrogen (secondary N) is 2. The van der Waals surface area contributed by atoms with Gasteiger partial charge in [-0.15, -0.1) is 0 Å². The van der Waals surface area contributed by atoms with Crippen LogP contribution in [0.5, 0.6) is 11.5 Å². The van der Waals surface area contributed by atoms with Crippen molar-refractivity contribution in [3.05, 3.63) is 57.5 Å². The van der Waals surface area contributed by atoms with Gasteiger partial charge in [-0.25, -0.2) is 0 Å². The Morgan fingerprint density at radius 2 is 2.04 bits per heavy atom. The van der Waals surface area contributed by atoms with Crippen LogP contribution in [0.3, 0.4) is 0 Å². The van der Waals surface area contributed by atoms with Gasteiger partial charge in [-0.2, -0.15) is 0 Å². The Morgan fingerprint density at radius 1 is 1.23 bits per heavy atom. The molecule has 1 unspecified atom stereocenters. The molecule has 0 aromatic heterocycles. The van der Waals surface area contributed by atoms with Gasteiger partial charge in [-0.1, -0.05) is 41.6 Å². The smallest absolute Gasteiger partial charge is 0.260 e. The second kappa shape index (κ2) is 7.93. The van der Waals surface area contributed by atoms with Crippen LogP contribution in [0.25, 0.3) is 6.08 Å². The molecule has 2 aromatic carbocycles. The average molecular weight is 391 g/mol. The molecule has 0 saturated carbocycles. The lowest BCUT2D eigenvalue weighted by Gasteiger charge is -2.15. The van der Waals surface area contributed by atoms with Gasteiger partial charge in [0.1, 0.15) is 0 Å². The van der Waals surface area contributed by atoms with E-state index in [0.29, 0.717) is 21.4 Å². The molecular formula is C19H19ClN2O3S. The zero-order chi connectivity index (χ0) is 18.7. The molecule has 0 radical (unpaired) electrons. The Hall–Kier alpha value is -2.31. The van der Waals surface area contributed by atoms with Crippen molar-refractivity contribution < 1.29 is 14.3 Å². The number of hydrogen-bond acceptors (Lipinski definition) is 5. The van der Waals surface area contributed by atoms with E-state index in [1.807, 2.05) is 43.3 Å². The van der Waals surface area contributed by atoms with Gasteiger partial charge in [-0.3, -0.25) is 4.79 Å². The molecule has 1 heterocycles. The van der Waals surface area contributed by atoms with E-state index in [4.69, 9.17) is 21.1 Å². The molecule has 2 aromatic rings. The Morgan fingerprint density at radius 3 is 2.77 bits per heavy atom. The number of benzene rings is 2. The Kier molecular flexibility index (Phi) is 5.64. The molecule has 1 atom stereocenters. The van der Waals surface area contributed by atoms with Crippen molar-refractivity contribution in [2.45, 2.75) is 12.4 Å². The van der Waals surface area contributed by atoms with E-state index in [2.05, 4.69) is 10.6 Å². The Bertz CT molecular complexity index is 870. The van der Waals surface area contributed by atoms with Crippen LogP contribution in [0.15, 0.2) is 41.3 Å². The van der Waals surface area contributed by atoms with Crippen molar-refractivity contribution in [1.82, 2.24) is 5.32 Å². The summed E-state index contributed by atoms with van der Waals surface area (Å²) in [6.07, 6.45) is 1.80. The average Bonchev–Trinajstić information content (AvgIpc) is 2.97. The highest BCUT2D eigenvalue weighted by atomic mass is 35.5. The summed E-state index contributed by atoms with van der Waals surface area (Å²) in [4.78, 5) is 12.9. The number of carbonyl (C=O) groups excluding carboxylic acids is 1. The number of halogens is 1. The van der Waals surface area contributed by atoms with E-state index in [-0.39, 0.29) is 11.4 Å². The number of rotatable bonds is 5. The number of hydrogen-bond donors (Lipinski definition) is 2. The summed E-state index contributed by atoms with van der Waals surface area (Å²) in [7, 11) is 3.16. The number of carbonyl (C=O) groups is 1. The molecule has 5 nitrogen and oxygen atoms in total. The van der Waals surface area contributed by atoms with E-state index in [0.717, 1.165) is 16.8 Å². The number of amides is 1. The van der Waals surface area contributed by atoms with Crippen LogP contribution in [-0.4, -0.2) is 25.6 Å². The quantitative estimate of drug-likeness (QED) is 0.747. The molecular weight excluding hydrogens is 372 g/mol. The van der Waals surface area contributed by atoms with Gasteiger partial charge in [-0.05, 0) is 36.8 Å². The molecule has 1 aliphatic heterocycles. The lowest BCUT2D eigenvalue weighted by molar-refractivity contribution is -0.116. The molecule has 0 bridgehead atoms. The highest BCUT2D eigenvalue weighted by Crippen LogP contribution is 2.36. The third-order valence-electron chi connectivity index (χ3n) is 3.94. The fraction of sp³-hybridized carbons (Fsp3) is 0.211. The van der Waals surface area contributed by atoms with Gasteiger partial charge < -0.3 is 20.1 Å². The third kappa shape index (κ3) is 3.92. The number of ether oxygens (including phenoxy) is 2. The lowest BCUT2D eigenvalue weighted by Crippen LogP contribution is -2.31. The van der Waals surface area contributed by atoms with Crippen LogP contribution in [-0.2, 0) is 4.79 Å². The maximum Gasteiger partial charge on any atom is 0.260 e. The number of methoxy groups -OCH3 is 2. The first-order valence-electron chi connectivity index (χ1n) is 7.94. The molecule has 1 aliphatic rings. The molecule has 7 heteroatoms. The highest BCUT2D eigenvalue weighted by Gasteiger charge is 2.28. The summed E-state index contributed by atoms with van der Waals surface area (Å²) in [6, 6.07) is 11.2. The highest BCUT2D eigenvalue weighted by molar-refractivity contribution is 8.05. The summed E-state index contributed by atoms with van der Waals surface area (Å²) in [5.41, 5.74) is 2.44. The zero-order valence-electron chi connectivity index (χ0n) is 14.6. The van der Waals surface area contributed by atoms with Crippen molar-refractivity contribution in [1.29, 1.82) is 0 Å². The minimum absolute atomic E-state index is 0.142. The number of thioether (sulfide) groups is 1. The third-order valence-corrected chi connectivity index (χ3v) is 5.20. The zero-order valence-corrected chi connectivity index (χ0v) is 16.2. The maximum atomic E-state index is 12.3. The van der Waals surface area contributed by atoms with E-state index in [1.165, 1.54) is 11.8 Å². The van der Waals surface area contributed by atoms with Crippen LogP contribution in [0.4, 0.5) is 5.69 Å². The van der Waals surface area contributed by atoms with Gasteiger partial charge in [0.05, 0.1) is 19.1 Å². The standard InChI is InChI=1S/C19H19ClN2O3S/c1-11-7-8-13(20)10-14(11)21-19-22-18(23)16(26-19)9-12-5-4-6-15(24-2)17(12)25-3/h4-10,19,21H,1-3H3,(H,22,23)/b16-9-. The minimum Gasteiger partial charge on any atom is -0.493 e. The van der Waals surface area contributed by atoms with E-state index in [1.54, 1.807) is 20.3 Å². The van der Waals surface area contributed by atoms with E-state index < -0.39 is 0 Å². The molecule has 136 valence electrons. The van der Waals surface area contributed by atoms with E-state index in [9.17, 15) is 4.79 Å². The Balaban J connectivity index is 1.82. The van der Waals surface area contributed by atoms with Crippen LogP contribution in [0, 0.1) is 6.92 Å². The molecule has 2 N–H and O–H groups in total. The molecule has 1 saturated heterocycles. The van der Waals surface area contributed by atoms with Gasteiger partial charge in [0.15, 0.2) is 17.0 Å². The summed E-state index contributed by atoms with van der Waals surface area (Å²) < 4.78 is 10.7. The summed E-state index contributed by atoms with van der Waals surface area (Å²) >= 11 is 7.46. The van der Waals surface area contributed by atoms with Gasteiger partial charge >= 0.3 is 0 Å². The topological polar surface area (TPSA) is 59.6 Å². The normalized spacial score (nSPS) is 17.9. The molecule has 3 rings (SSSR count). The predicted molar refractivity (Wildman–Crippen MR) is 107 cm³/mol. The van der Waals surface area contributed by atoms with Crippen molar-refractivity contribution in [2.75, 3.05) is 19.5 Å². The Labute approximate surface area is 161 Å². The van der Waals surface area contributed by atoms with Gasteiger partial charge in [0.2, 0.25) is 0 Å². The monoisotopic (exact) mass is 390 g/mol. The first-order valence-corrected chi connectivity index (χ1v) is 9.20. The summed E-state index contributed by atoms with van der Waals surface area (Å²) in [5.74, 6) is 1.07. The van der Waals surface area contributed by atoms with Crippen molar-refractivity contribution in [3.8, 4) is 11.5 Å². The largest absolute Gasteiger partial charge is 0.493 e. The number of anilines is 1. The first-order chi connectivity index (χ1) is 12.5. The number of aryl methyl sites for hydroxylation is 1. The predicted octanol–water partition coefficient (Wildman–Crippen LogP) is 4.27. The van der Waals surface area contributed by atoms with E-state index >= 15 is 0 Å². The van der Waals surface area contributed by atoms with Crippen molar-refractivity contribution >= 4 is 41.0 Å². The first kappa shape index (κ1) is 18.5. The molecule has 0 spiro atoms. The number of para-hydroxylation sites is 1. The second-order valence-electron chi connectivity index (χ2n) is 5.67.